The van der Waals surface area contributed by atoms with Crippen molar-refractivity contribution in [3.8, 4) is 11.4 Å². The minimum Gasteiger partial charge on any atom is -0.360 e. The van der Waals surface area contributed by atoms with E-state index in [0.717, 1.165) is 42.6 Å². The molecule has 5 rings (SSSR count). The van der Waals surface area contributed by atoms with Crippen LogP contribution in [0.3, 0.4) is 0 Å². The molecule has 0 amide bonds. The number of rotatable bonds is 10. The van der Waals surface area contributed by atoms with Gasteiger partial charge in [-0.1, -0.05) is 20.3 Å². The minimum absolute atomic E-state index is 0.00527. The predicted octanol–water partition coefficient (Wildman–Crippen LogP) is 3.99. The first-order valence-electron chi connectivity index (χ1n) is 13.3. The summed E-state index contributed by atoms with van der Waals surface area (Å²) >= 11 is 0. The lowest BCUT2D eigenvalue weighted by Crippen LogP contribution is -2.28. The van der Waals surface area contributed by atoms with Crippen LogP contribution < -0.4 is 10.9 Å². The van der Waals surface area contributed by atoms with Crippen molar-refractivity contribution in [1.82, 2.24) is 34.5 Å². The Kier molecular flexibility index (Phi) is 7.39. The van der Waals surface area contributed by atoms with Crippen LogP contribution in [0.1, 0.15) is 75.5 Å². The highest BCUT2D eigenvalue weighted by molar-refractivity contribution is 7.91. The highest BCUT2D eigenvalue weighted by atomic mass is 32.2. The van der Waals surface area contributed by atoms with Crippen LogP contribution in [0.5, 0.6) is 0 Å². The quantitative estimate of drug-likeness (QED) is 0.309. The smallest absolute Gasteiger partial charge is 0.295 e. The van der Waals surface area contributed by atoms with Crippen LogP contribution in [-0.4, -0.2) is 48.6 Å². The summed E-state index contributed by atoms with van der Waals surface area (Å²) < 4.78 is 25.8. The second-order valence-electron chi connectivity index (χ2n) is 9.91. The third kappa shape index (κ3) is 5.38. The van der Waals surface area contributed by atoms with Gasteiger partial charge in [-0.05, 0) is 45.2 Å². The molecule has 0 bridgehead atoms. The van der Waals surface area contributed by atoms with Crippen LogP contribution in [0.15, 0.2) is 40.5 Å². The normalized spacial score (nSPS) is 14.5. The van der Waals surface area contributed by atoms with Crippen LogP contribution >= 0.6 is 0 Å². The molecule has 4 heterocycles. The second-order valence-corrected chi connectivity index (χ2v) is 12.2. The van der Waals surface area contributed by atoms with Crippen molar-refractivity contribution in [2.45, 2.75) is 76.8 Å². The maximum absolute atomic E-state index is 13.7. The molecule has 1 atom stereocenters. The van der Waals surface area contributed by atoms with E-state index in [9.17, 15) is 13.2 Å². The molecule has 11 nitrogen and oxygen atoms in total. The number of hydrogen-bond donors (Lipinski definition) is 1. The zero-order valence-corrected chi connectivity index (χ0v) is 23.4. The summed E-state index contributed by atoms with van der Waals surface area (Å²) in [6.45, 7) is 7.79. The highest BCUT2D eigenvalue weighted by Gasteiger charge is 2.30. The molecule has 0 aromatic carbocycles. The van der Waals surface area contributed by atoms with Crippen molar-refractivity contribution in [2.75, 3.05) is 11.1 Å². The first kappa shape index (κ1) is 26.8. The van der Waals surface area contributed by atoms with Crippen LogP contribution in [0.4, 0.5) is 5.82 Å². The molecule has 1 aliphatic carbocycles. The Labute approximate surface area is 227 Å². The lowest BCUT2D eigenvalue weighted by molar-refractivity contribution is 0.497. The van der Waals surface area contributed by atoms with Crippen molar-refractivity contribution in [3.63, 3.8) is 0 Å². The predicted molar refractivity (Wildman–Crippen MR) is 148 cm³/mol. The molecular weight excluding hydrogens is 516 g/mol. The van der Waals surface area contributed by atoms with E-state index in [0.29, 0.717) is 28.6 Å². The molecule has 39 heavy (non-hydrogen) atoms. The first-order chi connectivity index (χ1) is 18.7. The zero-order chi connectivity index (χ0) is 27.7. The van der Waals surface area contributed by atoms with Crippen molar-refractivity contribution in [3.05, 3.63) is 58.3 Å². The van der Waals surface area contributed by atoms with Gasteiger partial charge in [-0.25, -0.2) is 33.3 Å². The van der Waals surface area contributed by atoms with Crippen molar-refractivity contribution in [1.29, 1.82) is 0 Å². The topological polar surface area (TPSA) is 146 Å². The van der Waals surface area contributed by atoms with Crippen molar-refractivity contribution in [2.24, 2.45) is 0 Å². The van der Waals surface area contributed by atoms with Gasteiger partial charge in [0.1, 0.15) is 11.8 Å². The van der Waals surface area contributed by atoms with E-state index in [-0.39, 0.29) is 34.6 Å². The molecule has 0 unspecified atom stereocenters. The monoisotopic (exact) mass is 548 g/mol. The molecule has 1 fully saturated rings. The van der Waals surface area contributed by atoms with Crippen molar-refractivity contribution < 1.29 is 8.42 Å². The standard InChI is InChI=1S/C27H32N8O3S/c1-5-7-16(3)35-26-21(14-30-24(34-26)22-17(4)31-15-32-23(22)18-8-9-18)33-25(27(35)36)29-12-19-10-11-20(13-28-19)39(37,38)6-2/h10-11,13-16,18H,5-9,12H2,1-4H3,(H,29,33)/t16-/m1/s1. The third-order valence-corrected chi connectivity index (χ3v) is 8.73. The Morgan fingerprint density at radius 1 is 1.08 bits per heavy atom. The molecule has 0 spiro atoms. The van der Waals surface area contributed by atoms with E-state index in [2.05, 4.69) is 37.2 Å². The third-order valence-electron chi connectivity index (χ3n) is 7.01. The van der Waals surface area contributed by atoms with Gasteiger partial charge in [0, 0.05) is 18.2 Å². The summed E-state index contributed by atoms with van der Waals surface area (Å²) in [5.74, 6) is 1.04. The zero-order valence-electron chi connectivity index (χ0n) is 22.5. The number of anilines is 1. The summed E-state index contributed by atoms with van der Waals surface area (Å²) in [5, 5.41) is 3.09. The van der Waals surface area contributed by atoms with E-state index in [1.165, 1.54) is 12.3 Å². The molecule has 0 aliphatic heterocycles. The van der Waals surface area contributed by atoms with Gasteiger partial charge >= 0.3 is 0 Å². The van der Waals surface area contributed by atoms with E-state index in [1.807, 2.05) is 13.8 Å². The summed E-state index contributed by atoms with van der Waals surface area (Å²) in [4.78, 5) is 41.1. The average Bonchev–Trinajstić information content (AvgIpc) is 3.77. The number of nitrogens with one attached hydrogen (secondary N) is 1. The Bertz CT molecular complexity index is 1680. The van der Waals surface area contributed by atoms with Gasteiger partial charge < -0.3 is 5.32 Å². The van der Waals surface area contributed by atoms with E-state index in [4.69, 9.17) is 4.98 Å². The maximum Gasteiger partial charge on any atom is 0.295 e. The van der Waals surface area contributed by atoms with E-state index >= 15 is 0 Å². The van der Waals surface area contributed by atoms with Gasteiger partial charge in [-0.3, -0.25) is 14.3 Å². The summed E-state index contributed by atoms with van der Waals surface area (Å²) in [7, 11) is -3.33. The fourth-order valence-electron chi connectivity index (χ4n) is 4.67. The average molecular weight is 549 g/mol. The number of hydrogen-bond acceptors (Lipinski definition) is 10. The Morgan fingerprint density at radius 2 is 1.87 bits per heavy atom. The Hall–Kier alpha value is -3.80. The summed E-state index contributed by atoms with van der Waals surface area (Å²) in [6, 6.07) is 3.04. The lowest BCUT2D eigenvalue weighted by Gasteiger charge is -2.19. The molecule has 1 aliphatic rings. The van der Waals surface area contributed by atoms with Crippen LogP contribution in [-0.2, 0) is 16.4 Å². The SMILES string of the molecule is CCC[C@@H](C)n1c(=O)c(NCc2ccc(S(=O)(=O)CC)cn2)nc2cnc(-c3c(C)ncnc3C3CC3)nc21. The molecule has 1 N–H and O–H groups in total. The summed E-state index contributed by atoms with van der Waals surface area (Å²) in [5.41, 5.74) is 3.83. The van der Waals surface area contributed by atoms with Crippen LogP contribution in [0, 0.1) is 6.92 Å². The van der Waals surface area contributed by atoms with Crippen LogP contribution in [0.25, 0.3) is 22.6 Å². The van der Waals surface area contributed by atoms with Gasteiger partial charge in [0.2, 0.25) is 0 Å². The Balaban J connectivity index is 1.54. The van der Waals surface area contributed by atoms with Gasteiger partial charge in [-0.15, -0.1) is 0 Å². The van der Waals surface area contributed by atoms with Gasteiger partial charge in [0.15, 0.2) is 27.1 Å². The molecule has 4 aromatic rings. The fraction of sp³-hybridized carbons (Fsp3) is 0.444. The van der Waals surface area contributed by atoms with E-state index < -0.39 is 9.84 Å². The number of pyridine rings is 1. The number of aryl methyl sites for hydroxylation is 1. The van der Waals surface area contributed by atoms with Crippen molar-refractivity contribution >= 4 is 26.8 Å². The first-order valence-corrected chi connectivity index (χ1v) is 14.9. The van der Waals surface area contributed by atoms with Gasteiger partial charge in [0.25, 0.3) is 5.56 Å². The lowest BCUT2D eigenvalue weighted by atomic mass is 10.1. The molecule has 12 heteroatoms. The van der Waals surface area contributed by atoms with Gasteiger partial charge in [-0.2, -0.15) is 0 Å². The molecule has 204 valence electrons. The van der Waals surface area contributed by atoms with Crippen LogP contribution in [0.2, 0.25) is 0 Å². The number of aromatic nitrogens is 7. The molecule has 0 radical (unpaired) electrons. The fourth-order valence-corrected chi connectivity index (χ4v) is 5.49. The molecule has 1 saturated carbocycles. The number of nitrogens with zero attached hydrogens (tertiary/aromatic N) is 7. The molecule has 0 saturated heterocycles. The van der Waals surface area contributed by atoms with Gasteiger partial charge in [0.05, 0.1) is 46.0 Å². The summed E-state index contributed by atoms with van der Waals surface area (Å²) in [6.07, 6.45) is 8.40. The maximum atomic E-state index is 13.7. The Morgan fingerprint density at radius 3 is 2.54 bits per heavy atom. The van der Waals surface area contributed by atoms with E-state index in [1.54, 1.807) is 30.1 Å². The minimum atomic E-state index is -3.33. The number of fused-ring (bicyclic) bond motifs is 1. The number of sulfone groups is 1. The molecule has 4 aromatic heterocycles. The molecular formula is C27H32N8O3S. The largest absolute Gasteiger partial charge is 0.360 e. The second kappa shape index (κ2) is 10.8. The highest BCUT2D eigenvalue weighted by Crippen LogP contribution is 2.43.